The van der Waals surface area contributed by atoms with Gasteiger partial charge in [0.25, 0.3) is 0 Å². The van der Waals surface area contributed by atoms with E-state index in [2.05, 4.69) is 36.9 Å². The number of carbonyl (C=O) groups is 1. The number of hydrogen-bond donors (Lipinski definition) is 0. The van der Waals surface area contributed by atoms with Gasteiger partial charge in [0.1, 0.15) is 5.75 Å². The molecule has 0 bridgehead atoms. The van der Waals surface area contributed by atoms with E-state index in [1.165, 1.54) is 17.5 Å². The maximum absolute atomic E-state index is 13.0. The molecular formula is C22H34N2O2. The quantitative estimate of drug-likeness (QED) is 0.819. The lowest BCUT2D eigenvalue weighted by Crippen LogP contribution is -2.47. The van der Waals surface area contributed by atoms with Crippen molar-refractivity contribution < 1.29 is 9.53 Å². The van der Waals surface area contributed by atoms with Gasteiger partial charge in [-0.1, -0.05) is 25.5 Å². The number of hydrogen-bond acceptors (Lipinski definition) is 3. The fourth-order valence-corrected chi connectivity index (χ4v) is 4.82. The van der Waals surface area contributed by atoms with Crippen molar-refractivity contribution in [1.29, 1.82) is 0 Å². The molecule has 1 aromatic carbocycles. The zero-order valence-corrected chi connectivity index (χ0v) is 16.9. The van der Waals surface area contributed by atoms with E-state index >= 15 is 0 Å². The van der Waals surface area contributed by atoms with Crippen molar-refractivity contribution in [3.8, 4) is 5.75 Å². The van der Waals surface area contributed by atoms with E-state index in [0.717, 1.165) is 57.6 Å². The number of aryl methyl sites for hydroxylation is 1. The molecule has 0 spiro atoms. The van der Waals surface area contributed by atoms with Crippen molar-refractivity contribution >= 4 is 5.91 Å². The Kier molecular flexibility index (Phi) is 5.91. The van der Waals surface area contributed by atoms with Gasteiger partial charge in [-0.05, 0) is 63.2 Å². The van der Waals surface area contributed by atoms with Gasteiger partial charge in [-0.15, -0.1) is 0 Å². The number of amides is 1. The Balaban J connectivity index is 1.63. The highest BCUT2D eigenvalue weighted by Crippen LogP contribution is 2.42. The summed E-state index contributed by atoms with van der Waals surface area (Å²) in [5.41, 5.74) is 2.32. The molecule has 1 aromatic rings. The maximum Gasteiger partial charge on any atom is 0.228 e. The second-order valence-corrected chi connectivity index (χ2v) is 8.47. The molecule has 0 saturated carbocycles. The molecule has 144 valence electrons. The summed E-state index contributed by atoms with van der Waals surface area (Å²) in [6.07, 6.45) is 5.60. The van der Waals surface area contributed by atoms with Crippen LogP contribution in [0.4, 0.5) is 0 Å². The van der Waals surface area contributed by atoms with Gasteiger partial charge in [0, 0.05) is 31.1 Å². The molecule has 0 unspecified atom stereocenters. The maximum atomic E-state index is 13.0. The molecule has 0 aliphatic carbocycles. The summed E-state index contributed by atoms with van der Waals surface area (Å²) in [7, 11) is 3.73. The lowest BCUT2D eigenvalue weighted by atomic mass is 9.69. The van der Waals surface area contributed by atoms with Crippen LogP contribution in [0.2, 0.25) is 0 Å². The van der Waals surface area contributed by atoms with Crippen LogP contribution >= 0.6 is 0 Å². The summed E-state index contributed by atoms with van der Waals surface area (Å²) < 4.78 is 5.56. The standard InChI is InChI=1S/C22H34N2O2/c1-17-7-8-18(20(15-17)26-4)16-24-13-9-19(10-14-24)22(2)11-5-6-12-23(3)21(22)25/h7-8,15,19H,5-6,9-14,16H2,1-4H3/t22-/m1/s1. The fraction of sp³-hybridized carbons (Fsp3) is 0.682. The van der Waals surface area contributed by atoms with E-state index in [-0.39, 0.29) is 5.41 Å². The molecule has 2 aliphatic heterocycles. The first-order valence-corrected chi connectivity index (χ1v) is 10.1. The molecule has 26 heavy (non-hydrogen) atoms. The number of benzene rings is 1. The average Bonchev–Trinajstić information content (AvgIpc) is 2.78. The Hall–Kier alpha value is -1.55. The first-order valence-electron chi connectivity index (χ1n) is 10.1. The largest absolute Gasteiger partial charge is 0.496 e. The molecule has 4 heteroatoms. The Morgan fingerprint density at radius 3 is 2.62 bits per heavy atom. The van der Waals surface area contributed by atoms with Crippen molar-refractivity contribution in [3.05, 3.63) is 29.3 Å². The molecule has 0 N–H and O–H groups in total. The van der Waals surface area contributed by atoms with Crippen LogP contribution in [0.25, 0.3) is 0 Å². The Labute approximate surface area is 158 Å². The van der Waals surface area contributed by atoms with Gasteiger partial charge in [0.05, 0.1) is 7.11 Å². The Morgan fingerprint density at radius 2 is 1.92 bits per heavy atom. The Bertz CT molecular complexity index is 637. The third-order valence-electron chi connectivity index (χ3n) is 6.60. The molecule has 2 saturated heterocycles. The van der Waals surface area contributed by atoms with E-state index in [4.69, 9.17) is 4.74 Å². The predicted octanol–water partition coefficient (Wildman–Crippen LogP) is 3.86. The van der Waals surface area contributed by atoms with Crippen LogP contribution < -0.4 is 4.74 Å². The molecule has 0 radical (unpaired) electrons. The molecular weight excluding hydrogens is 324 g/mol. The molecule has 4 nitrogen and oxygen atoms in total. The summed E-state index contributed by atoms with van der Waals surface area (Å²) in [5, 5.41) is 0. The van der Waals surface area contributed by atoms with Crippen LogP contribution in [-0.2, 0) is 11.3 Å². The molecule has 1 atom stereocenters. The highest BCUT2D eigenvalue weighted by Gasteiger charge is 2.44. The fourth-order valence-electron chi connectivity index (χ4n) is 4.82. The summed E-state index contributed by atoms with van der Waals surface area (Å²) in [6, 6.07) is 6.46. The lowest BCUT2D eigenvalue weighted by Gasteiger charge is -2.42. The van der Waals surface area contributed by atoms with E-state index in [1.807, 2.05) is 11.9 Å². The topological polar surface area (TPSA) is 32.8 Å². The van der Waals surface area contributed by atoms with Gasteiger partial charge >= 0.3 is 0 Å². The highest BCUT2D eigenvalue weighted by molar-refractivity contribution is 5.82. The number of rotatable bonds is 4. The van der Waals surface area contributed by atoms with Crippen LogP contribution in [0, 0.1) is 18.3 Å². The second-order valence-electron chi connectivity index (χ2n) is 8.47. The van der Waals surface area contributed by atoms with Gasteiger partial charge in [0.2, 0.25) is 5.91 Å². The average molecular weight is 359 g/mol. The van der Waals surface area contributed by atoms with Crippen molar-refractivity contribution in [3.63, 3.8) is 0 Å². The molecule has 0 aromatic heterocycles. The second kappa shape index (κ2) is 7.99. The SMILES string of the molecule is COc1cc(C)ccc1CN1CCC([C@@]2(C)CCCCN(C)C2=O)CC1. The minimum atomic E-state index is -0.168. The molecule has 1 amide bonds. The van der Waals surface area contributed by atoms with Gasteiger partial charge < -0.3 is 9.64 Å². The highest BCUT2D eigenvalue weighted by atomic mass is 16.5. The van der Waals surface area contributed by atoms with E-state index in [1.54, 1.807) is 7.11 Å². The summed E-state index contributed by atoms with van der Waals surface area (Å²) in [4.78, 5) is 17.4. The predicted molar refractivity (Wildman–Crippen MR) is 105 cm³/mol. The van der Waals surface area contributed by atoms with Crippen molar-refractivity contribution in [2.75, 3.05) is 33.8 Å². The van der Waals surface area contributed by atoms with Gasteiger partial charge in [0.15, 0.2) is 0 Å². The first-order chi connectivity index (χ1) is 12.4. The van der Waals surface area contributed by atoms with E-state index in [0.29, 0.717) is 11.8 Å². The molecule has 2 aliphatic rings. The number of piperidine rings is 1. The monoisotopic (exact) mass is 358 g/mol. The number of nitrogens with zero attached hydrogens (tertiary/aromatic N) is 2. The minimum absolute atomic E-state index is 0.168. The number of likely N-dealkylation sites (tertiary alicyclic amines) is 2. The first kappa shape index (κ1) is 19.2. The third-order valence-corrected chi connectivity index (χ3v) is 6.60. The molecule has 2 heterocycles. The van der Waals surface area contributed by atoms with Gasteiger partial charge in [-0.25, -0.2) is 0 Å². The zero-order valence-electron chi connectivity index (χ0n) is 16.9. The normalized spacial score (nSPS) is 26.0. The lowest BCUT2D eigenvalue weighted by molar-refractivity contribution is -0.143. The van der Waals surface area contributed by atoms with Crippen LogP contribution in [-0.4, -0.2) is 49.5 Å². The summed E-state index contributed by atoms with van der Waals surface area (Å²) in [5.74, 6) is 1.86. The van der Waals surface area contributed by atoms with E-state index in [9.17, 15) is 4.79 Å². The van der Waals surface area contributed by atoms with E-state index < -0.39 is 0 Å². The summed E-state index contributed by atoms with van der Waals surface area (Å²) >= 11 is 0. The molecule has 2 fully saturated rings. The van der Waals surface area contributed by atoms with Crippen LogP contribution in [0.5, 0.6) is 5.75 Å². The Morgan fingerprint density at radius 1 is 1.19 bits per heavy atom. The van der Waals surface area contributed by atoms with Gasteiger partial charge in [-0.2, -0.15) is 0 Å². The minimum Gasteiger partial charge on any atom is -0.496 e. The van der Waals surface area contributed by atoms with Crippen molar-refractivity contribution in [2.45, 2.75) is 52.5 Å². The smallest absolute Gasteiger partial charge is 0.228 e. The van der Waals surface area contributed by atoms with Crippen LogP contribution in [0.3, 0.4) is 0 Å². The number of carbonyl (C=O) groups excluding carboxylic acids is 1. The van der Waals surface area contributed by atoms with Crippen LogP contribution in [0.1, 0.15) is 50.2 Å². The number of ether oxygens (including phenoxy) is 1. The summed E-state index contributed by atoms with van der Waals surface area (Å²) in [6.45, 7) is 8.30. The van der Waals surface area contributed by atoms with Crippen LogP contribution in [0.15, 0.2) is 18.2 Å². The van der Waals surface area contributed by atoms with Crippen molar-refractivity contribution in [2.24, 2.45) is 11.3 Å². The molecule has 3 rings (SSSR count). The number of methoxy groups -OCH3 is 1. The zero-order chi connectivity index (χ0) is 18.7. The van der Waals surface area contributed by atoms with Gasteiger partial charge in [-0.3, -0.25) is 9.69 Å². The van der Waals surface area contributed by atoms with Crippen molar-refractivity contribution in [1.82, 2.24) is 9.80 Å². The third kappa shape index (κ3) is 3.90.